The summed E-state index contributed by atoms with van der Waals surface area (Å²) in [6.45, 7) is 4.04. The van der Waals surface area contributed by atoms with E-state index in [9.17, 15) is 44.4 Å². The smallest absolute Gasteiger partial charge is 0.416 e. The highest BCUT2D eigenvalue weighted by Crippen LogP contribution is 2.32. The molecule has 18 heteroatoms. The number of alkyl halides is 3. The van der Waals surface area contributed by atoms with Crippen molar-refractivity contribution in [2.24, 2.45) is 5.92 Å². The highest BCUT2D eigenvalue weighted by atomic mass is 32.2. The van der Waals surface area contributed by atoms with Crippen molar-refractivity contribution in [3.05, 3.63) is 42.0 Å². The van der Waals surface area contributed by atoms with Gasteiger partial charge in [0, 0.05) is 44.4 Å². The summed E-state index contributed by atoms with van der Waals surface area (Å²) < 4.78 is 92.8. The summed E-state index contributed by atoms with van der Waals surface area (Å²) >= 11 is 0. The Labute approximate surface area is 255 Å². The van der Waals surface area contributed by atoms with E-state index in [2.05, 4.69) is 10.0 Å². The van der Waals surface area contributed by atoms with Crippen LogP contribution in [0.25, 0.3) is 0 Å². The summed E-state index contributed by atoms with van der Waals surface area (Å²) in [5.74, 6) is -2.31. The molecule has 1 heterocycles. The molecule has 250 valence electrons. The zero-order valence-corrected chi connectivity index (χ0v) is 26.4. The Kier molecular flexibility index (Phi) is 14.9. The second-order valence-electron chi connectivity index (χ2n) is 10.3. The molecule has 1 aliphatic rings. The van der Waals surface area contributed by atoms with Crippen LogP contribution in [0, 0.1) is 5.92 Å². The fourth-order valence-corrected chi connectivity index (χ4v) is 6.55. The minimum atomic E-state index is -4.72. The van der Waals surface area contributed by atoms with Crippen LogP contribution in [-0.4, -0.2) is 106 Å². The van der Waals surface area contributed by atoms with E-state index < -0.39 is 54.7 Å². The molecule has 0 aliphatic carbocycles. The maximum Gasteiger partial charge on any atom is 0.416 e. The molecular formula is C26H39F3N4O9S2. The van der Waals surface area contributed by atoms with Gasteiger partial charge in [-0.1, -0.05) is 19.9 Å². The lowest BCUT2D eigenvalue weighted by molar-refractivity contribution is -0.138. The predicted octanol–water partition coefficient (Wildman–Crippen LogP) is 1.58. The van der Waals surface area contributed by atoms with Crippen LogP contribution in [0.3, 0.4) is 0 Å². The summed E-state index contributed by atoms with van der Waals surface area (Å²) in [5, 5.41) is 18.6. The number of nitrogens with zero attached hydrogens (tertiary/aromatic N) is 2. The van der Waals surface area contributed by atoms with Gasteiger partial charge in [-0.15, -0.1) is 0 Å². The van der Waals surface area contributed by atoms with Crippen LogP contribution in [0.2, 0.25) is 0 Å². The molecule has 0 saturated carbocycles. The van der Waals surface area contributed by atoms with E-state index in [1.165, 1.54) is 0 Å². The maximum atomic E-state index is 13.4. The number of hydrogen-bond donors (Lipinski definition) is 4. The molecular weight excluding hydrogens is 633 g/mol. The molecule has 44 heavy (non-hydrogen) atoms. The molecule has 13 nitrogen and oxygen atoms in total. The SMILES string of the molecule is CN[C@@H](CC(C)C)C(=O)N1CCC(N(CCNS(C)(=O)=O)S(=O)(=O)c2cccc(C(F)(F)F)c2)CC1.O=C(O)/C=C/C(=O)O. The van der Waals surface area contributed by atoms with Crippen molar-refractivity contribution in [1.29, 1.82) is 0 Å². The van der Waals surface area contributed by atoms with Crippen LogP contribution in [0.15, 0.2) is 41.3 Å². The number of rotatable bonds is 13. The van der Waals surface area contributed by atoms with Crippen molar-refractivity contribution in [2.45, 2.75) is 56.3 Å². The standard InChI is InChI=1S/C22H35F3N4O5S2.C4H4O4/c1-16(2)14-20(26-3)21(30)28-11-8-18(9-12-28)29(13-10-27-35(4,31)32)36(33,34)19-7-5-6-17(15-19)22(23,24)25;5-3(6)1-2-4(7)8/h5-7,15-16,18,20,26-27H,8-14H2,1-4H3;1-2H,(H,5,6)(H,7,8)/b;2-1+/t20-;/m0./s1. The number of likely N-dealkylation sites (N-methyl/N-ethyl adjacent to an activating group) is 1. The number of piperidine rings is 1. The van der Waals surface area contributed by atoms with Crippen LogP contribution < -0.4 is 10.0 Å². The molecule has 0 radical (unpaired) electrons. The Balaban J connectivity index is 0.00000106. The maximum absolute atomic E-state index is 13.4. The Morgan fingerprint density at radius 1 is 1.07 bits per heavy atom. The Bertz CT molecular complexity index is 1360. The molecule has 1 aromatic carbocycles. The Morgan fingerprint density at radius 3 is 2.05 bits per heavy atom. The summed E-state index contributed by atoms with van der Waals surface area (Å²) in [6.07, 6.45) is -1.51. The molecule has 4 N–H and O–H groups in total. The van der Waals surface area contributed by atoms with Crippen molar-refractivity contribution >= 4 is 37.9 Å². The van der Waals surface area contributed by atoms with Crippen molar-refractivity contribution < 1.29 is 54.6 Å². The zero-order chi connectivity index (χ0) is 33.9. The second kappa shape index (κ2) is 16.9. The molecule has 1 atom stereocenters. The Morgan fingerprint density at radius 2 is 1.61 bits per heavy atom. The van der Waals surface area contributed by atoms with Gasteiger partial charge in [0.15, 0.2) is 0 Å². The number of carboxylic acid groups (broad SMARTS) is 2. The van der Waals surface area contributed by atoms with E-state index in [1.54, 1.807) is 11.9 Å². The quantitative estimate of drug-likeness (QED) is 0.224. The minimum absolute atomic E-state index is 0.0873. The third kappa shape index (κ3) is 13.3. The number of nitrogens with one attached hydrogen (secondary N) is 2. The lowest BCUT2D eigenvalue weighted by atomic mass is 10.00. The molecule has 0 spiro atoms. The van der Waals surface area contributed by atoms with Crippen LogP contribution >= 0.6 is 0 Å². The molecule has 1 aromatic rings. The number of hydrogen-bond acceptors (Lipinski definition) is 8. The van der Waals surface area contributed by atoms with Crippen LogP contribution in [0.1, 0.15) is 38.7 Å². The molecule has 0 bridgehead atoms. The van der Waals surface area contributed by atoms with Gasteiger partial charge in [-0.3, -0.25) is 4.79 Å². The highest BCUT2D eigenvalue weighted by molar-refractivity contribution is 7.89. The monoisotopic (exact) mass is 672 g/mol. The van der Waals surface area contributed by atoms with Crippen LogP contribution in [0.5, 0.6) is 0 Å². The van der Waals surface area contributed by atoms with Gasteiger partial charge in [-0.25, -0.2) is 31.1 Å². The first-order chi connectivity index (χ1) is 20.2. The largest absolute Gasteiger partial charge is 0.478 e. The molecule has 1 amide bonds. The van der Waals surface area contributed by atoms with Gasteiger partial charge in [0.2, 0.25) is 26.0 Å². The number of carbonyl (C=O) groups excluding carboxylic acids is 1. The van der Waals surface area contributed by atoms with Crippen molar-refractivity contribution in [3.63, 3.8) is 0 Å². The first-order valence-electron chi connectivity index (χ1n) is 13.4. The van der Waals surface area contributed by atoms with Gasteiger partial charge in [-0.2, -0.15) is 17.5 Å². The van der Waals surface area contributed by atoms with E-state index in [-0.39, 0.29) is 51.0 Å². The molecule has 2 rings (SSSR count). The lowest BCUT2D eigenvalue weighted by Crippen LogP contribution is -2.53. The first-order valence-corrected chi connectivity index (χ1v) is 16.8. The highest BCUT2D eigenvalue weighted by Gasteiger charge is 2.37. The molecule has 0 aromatic heterocycles. The number of benzene rings is 1. The van der Waals surface area contributed by atoms with Gasteiger partial charge in [-0.05, 0) is 50.4 Å². The number of likely N-dealkylation sites (tertiary alicyclic amines) is 1. The fraction of sp³-hybridized carbons (Fsp3) is 0.577. The van der Waals surface area contributed by atoms with Crippen molar-refractivity contribution in [3.8, 4) is 0 Å². The fourth-order valence-electron chi connectivity index (χ4n) is 4.36. The number of aliphatic carboxylic acids is 2. The van der Waals surface area contributed by atoms with Gasteiger partial charge in [0.05, 0.1) is 22.8 Å². The lowest BCUT2D eigenvalue weighted by Gasteiger charge is -2.39. The Hall–Kier alpha value is -3.06. The zero-order valence-electron chi connectivity index (χ0n) is 24.7. The van der Waals surface area contributed by atoms with Crippen LogP contribution in [-0.2, 0) is 40.6 Å². The van der Waals surface area contributed by atoms with E-state index in [1.807, 2.05) is 13.8 Å². The van der Waals surface area contributed by atoms with E-state index >= 15 is 0 Å². The first kappa shape index (κ1) is 39.0. The third-order valence-electron chi connectivity index (χ3n) is 6.37. The van der Waals surface area contributed by atoms with Crippen molar-refractivity contribution in [2.75, 3.05) is 39.5 Å². The van der Waals surface area contributed by atoms with E-state index in [0.717, 1.165) is 28.8 Å². The summed E-state index contributed by atoms with van der Waals surface area (Å²) in [4.78, 5) is 33.2. The van der Waals surface area contributed by atoms with Gasteiger partial charge >= 0.3 is 18.1 Å². The molecule has 1 aliphatic heterocycles. The second-order valence-corrected chi connectivity index (χ2v) is 14.1. The topological polar surface area (TPSA) is 190 Å². The number of sulfonamides is 2. The van der Waals surface area contributed by atoms with Crippen LogP contribution in [0.4, 0.5) is 13.2 Å². The van der Waals surface area contributed by atoms with Crippen molar-refractivity contribution in [1.82, 2.24) is 19.2 Å². The average molecular weight is 673 g/mol. The molecule has 0 unspecified atom stereocenters. The predicted molar refractivity (Wildman–Crippen MR) is 154 cm³/mol. The summed E-state index contributed by atoms with van der Waals surface area (Å²) in [5.41, 5.74) is -1.10. The van der Waals surface area contributed by atoms with E-state index in [0.29, 0.717) is 30.6 Å². The van der Waals surface area contributed by atoms with Gasteiger partial charge in [0.1, 0.15) is 0 Å². The van der Waals surface area contributed by atoms with Gasteiger partial charge in [0.25, 0.3) is 0 Å². The number of carbonyl (C=O) groups is 3. The summed E-state index contributed by atoms with van der Waals surface area (Å²) in [6, 6.07) is 2.49. The van der Waals surface area contributed by atoms with Gasteiger partial charge < -0.3 is 20.4 Å². The molecule has 1 fully saturated rings. The number of carboxylic acids is 2. The summed E-state index contributed by atoms with van der Waals surface area (Å²) in [7, 11) is -6.30. The third-order valence-corrected chi connectivity index (χ3v) is 9.05. The number of amides is 1. The van der Waals surface area contributed by atoms with E-state index in [4.69, 9.17) is 10.2 Å². The average Bonchev–Trinajstić information content (AvgIpc) is 2.92. The number of halogens is 3. The normalized spacial score (nSPS) is 15.7. The minimum Gasteiger partial charge on any atom is -0.478 e. The molecule has 1 saturated heterocycles.